The first-order chi connectivity index (χ1) is 15.1. The average Bonchev–Trinajstić information content (AvgIpc) is 3.24. The van der Waals surface area contributed by atoms with Crippen LogP contribution in [0.15, 0.2) is 52.8 Å². The van der Waals surface area contributed by atoms with E-state index in [1.54, 1.807) is 16.7 Å². The van der Waals surface area contributed by atoms with Crippen molar-refractivity contribution < 1.29 is 9.59 Å². The molecule has 1 saturated heterocycles. The van der Waals surface area contributed by atoms with Crippen LogP contribution in [-0.2, 0) is 22.6 Å². The van der Waals surface area contributed by atoms with Crippen molar-refractivity contribution in [2.45, 2.75) is 19.4 Å². The molecule has 0 aliphatic carbocycles. The van der Waals surface area contributed by atoms with Crippen molar-refractivity contribution >= 4 is 28.1 Å². The number of hydrogen-bond donors (Lipinski definition) is 1. The maximum absolute atomic E-state index is 12.5. The van der Waals surface area contributed by atoms with Crippen molar-refractivity contribution in [2.75, 3.05) is 32.7 Å². The van der Waals surface area contributed by atoms with E-state index in [2.05, 4.69) is 15.2 Å². The predicted octanol–water partition coefficient (Wildman–Crippen LogP) is 1.15. The fourth-order valence-corrected chi connectivity index (χ4v) is 4.40. The molecule has 1 aliphatic rings. The molecule has 1 fully saturated rings. The van der Waals surface area contributed by atoms with Crippen LogP contribution in [0.2, 0.25) is 0 Å². The van der Waals surface area contributed by atoms with E-state index < -0.39 is 0 Å². The zero-order chi connectivity index (χ0) is 21.6. The van der Waals surface area contributed by atoms with Crippen LogP contribution < -0.4 is 10.9 Å². The average molecular weight is 440 g/mol. The molecule has 0 bridgehead atoms. The Balaban J connectivity index is 1.19. The van der Waals surface area contributed by atoms with Gasteiger partial charge in [0.25, 0.3) is 5.56 Å². The van der Waals surface area contributed by atoms with Crippen LogP contribution in [0.5, 0.6) is 0 Å². The molecule has 1 N–H and O–H groups in total. The third-order valence-electron chi connectivity index (χ3n) is 5.34. The summed E-state index contributed by atoms with van der Waals surface area (Å²) in [6.07, 6.45) is 2.35. The van der Waals surface area contributed by atoms with Gasteiger partial charge in [0.15, 0.2) is 4.96 Å². The van der Waals surface area contributed by atoms with Crippen molar-refractivity contribution in [3.05, 3.63) is 69.6 Å². The van der Waals surface area contributed by atoms with Crippen LogP contribution in [0.1, 0.15) is 17.7 Å². The Morgan fingerprint density at radius 1 is 1.10 bits per heavy atom. The molecule has 1 aliphatic heterocycles. The van der Waals surface area contributed by atoms with Gasteiger partial charge in [-0.15, -0.1) is 11.3 Å². The van der Waals surface area contributed by atoms with E-state index in [0.717, 1.165) is 24.3 Å². The van der Waals surface area contributed by atoms with Gasteiger partial charge in [0.05, 0.1) is 12.1 Å². The van der Waals surface area contributed by atoms with Gasteiger partial charge in [0.1, 0.15) is 0 Å². The molecule has 0 radical (unpaired) electrons. The summed E-state index contributed by atoms with van der Waals surface area (Å²) in [5.41, 5.74) is 1.65. The van der Waals surface area contributed by atoms with Crippen LogP contribution >= 0.6 is 11.3 Å². The first-order valence-corrected chi connectivity index (χ1v) is 11.2. The number of nitrogens with zero attached hydrogens (tertiary/aromatic N) is 4. The van der Waals surface area contributed by atoms with Crippen molar-refractivity contribution in [3.8, 4) is 0 Å². The van der Waals surface area contributed by atoms with Crippen LogP contribution in [0.3, 0.4) is 0 Å². The SMILES string of the molecule is O=C(Cc1ccccc1)NCCC(=O)N1CCN(Cc2cc(=O)n3ccsc3n2)CC1. The smallest absolute Gasteiger partial charge is 0.258 e. The molecule has 0 atom stereocenters. The highest BCUT2D eigenvalue weighted by Crippen LogP contribution is 2.10. The molecule has 3 aromatic rings. The van der Waals surface area contributed by atoms with Gasteiger partial charge in [-0.25, -0.2) is 4.98 Å². The standard InChI is InChI=1S/C22H25N5O3S/c28-19(14-17-4-2-1-3-5-17)23-7-6-20(29)26-10-8-25(9-11-26)16-18-15-21(30)27-12-13-31-22(27)24-18/h1-5,12-13,15H,6-11,14,16H2,(H,23,28). The van der Waals surface area contributed by atoms with Gasteiger partial charge >= 0.3 is 0 Å². The van der Waals surface area contributed by atoms with Gasteiger partial charge in [-0.1, -0.05) is 30.3 Å². The summed E-state index contributed by atoms with van der Waals surface area (Å²) in [5, 5.41) is 4.67. The zero-order valence-electron chi connectivity index (χ0n) is 17.2. The Morgan fingerprint density at radius 3 is 2.65 bits per heavy atom. The van der Waals surface area contributed by atoms with Gasteiger partial charge in [0.2, 0.25) is 11.8 Å². The minimum absolute atomic E-state index is 0.0519. The van der Waals surface area contributed by atoms with Gasteiger partial charge in [-0.2, -0.15) is 0 Å². The quantitative estimate of drug-likeness (QED) is 0.597. The summed E-state index contributed by atoms with van der Waals surface area (Å²) in [4.78, 5) is 45.9. The number of amides is 2. The number of carbonyl (C=O) groups excluding carboxylic acids is 2. The summed E-state index contributed by atoms with van der Waals surface area (Å²) in [6, 6.07) is 11.1. The fraction of sp³-hybridized carbons (Fsp3) is 0.364. The Kier molecular flexibility index (Phi) is 6.73. The van der Waals surface area contributed by atoms with Crippen molar-refractivity contribution in [1.82, 2.24) is 24.5 Å². The molecule has 2 amide bonds. The van der Waals surface area contributed by atoms with Crippen molar-refractivity contribution in [3.63, 3.8) is 0 Å². The number of aromatic nitrogens is 2. The lowest BCUT2D eigenvalue weighted by atomic mass is 10.1. The van der Waals surface area contributed by atoms with Gasteiger partial charge < -0.3 is 10.2 Å². The molecular formula is C22H25N5O3S. The topological polar surface area (TPSA) is 87.0 Å². The number of fused-ring (bicyclic) bond motifs is 1. The third kappa shape index (κ3) is 5.56. The lowest BCUT2D eigenvalue weighted by Gasteiger charge is -2.34. The number of thiazole rings is 1. The van der Waals surface area contributed by atoms with E-state index >= 15 is 0 Å². The Hall–Kier alpha value is -3.04. The number of rotatable bonds is 7. The third-order valence-corrected chi connectivity index (χ3v) is 6.09. The van der Waals surface area contributed by atoms with Crippen LogP contribution in [-0.4, -0.2) is 63.7 Å². The minimum Gasteiger partial charge on any atom is -0.355 e. The monoisotopic (exact) mass is 439 g/mol. The Morgan fingerprint density at radius 2 is 1.87 bits per heavy atom. The van der Waals surface area contributed by atoms with Gasteiger partial charge in [0, 0.05) is 63.3 Å². The molecule has 3 heterocycles. The highest BCUT2D eigenvalue weighted by atomic mass is 32.1. The van der Waals surface area contributed by atoms with Crippen LogP contribution in [0.25, 0.3) is 4.96 Å². The van der Waals surface area contributed by atoms with E-state index in [1.807, 2.05) is 40.6 Å². The zero-order valence-corrected chi connectivity index (χ0v) is 18.0. The highest BCUT2D eigenvalue weighted by Gasteiger charge is 2.21. The lowest BCUT2D eigenvalue weighted by molar-refractivity contribution is -0.133. The Labute approximate surface area is 184 Å². The number of carbonyl (C=O) groups is 2. The molecule has 0 unspecified atom stereocenters. The van der Waals surface area contributed by atoms with Crippen LogP contribution in [0, 0.1) is 0 Å². The van der Waals surface area contributed by atoms with Crippen LogP contribution in [0.4, 0.5) is 0 Å². The second kappa shape index (κ2) is 9.84. The fourth-order valence-electron chi connectivity index (χ4n) is 3.66. The number of hydrogen-bond acceptors (Lipinski definition) is 6. The van der Waals surface area contributed by atoms with Crippen molar-refractivity contribution in [1.29, 1.82) is 0 Å². The van der Waals surface area contributed by atoms with Gasteiger partial charge in [-0.3, -0.25) is 23.7 Å². The molecule has 31 heavy (non-hydrogen) atoms. The second-order valence-electron chi connectivity index (χ2n) is 7.56. The maximum atomic E-state index is 12.5. The first-order valence-electron chi connectivity index (χ1n) is 10.3. The normalized spacial score (nSPS) is 14.6. The van der Waals surface area contributed by atoms with E-state index in [1.165, 1.54) is 11.3 Å². The highest BCUT2D eigenvalue weighted by molar-refractivity contribution is 7.15. The Bertz CT molecular complexity index is 1100. The molecule has 0 spiro atoms. The summed E-state index contributed by atoms with van der Waals surface area (Å²) in [6.45, 7) is 3.68. The molecule has 8 nitrogen and oxygen atoms in total. The second-order valence-corrected chi connectivity index (χ2v) is 8.43. The largest absolute Gasteiger partial charge is 0.355 e. The molecule has 2 aromatic heterocycles. The van der Waals surface area contributed by atoms with E-state index in [0.29, 0.717) is 44.0 Å². The number of nitrogens with one attached hydrogen (secondary N) is 1. The number of benzene rings is 1. The summed E-state index contributed by atoms with van der Waals surface area (Å²) < 4.78 is 1.55. The summed E-state index contributed by atoms with van der Waals surface area (Å²) >= 11 is 1.44. The molecule has 9 heteroatoms. The first kappa shape index (κ1) is 21.2. The molecule has 1 aromatic carbocycles. The number of piperazine rings is 1. The molecule has 4 rings (SSSR count). The summed E-state index contributed by atoms with van der Waals surface area (Å²) in [5.74, 6) is -0.0222. The van der Waals surface area contributed by atoms with E-state index in [-0.39, 0.29) is 17.4 Å². The molecule has 0 saturated carbocycles. The summed E-state index contributed by atoms with van der Waals surface area (Å²) in [7, 11) is 0. The lowest BCUT2D eigenvalue weighted by Crippen LogP contribution is -2.49. The van der Waals surface area contributed by atoms with E-state index in [9.17, 15) is 14.4 Å². The molecular weight excluding hydrogens is 414 g/mol. The maximum Gasteiger partial charge on any atom is 0.258 e. The van der Waals surface area contributed by atoms with Crippen molar-refractivity contribution in [2.24, 2.45) is 0 Å². The predicted molar refractivity (Wildman–Crippen MR) is 119 cm³/mol. The molecule has 162 valence electrons. The van der Waals surface area contributed by atoms with Gasteiger partial charge in [-0.05, 0) is 5.56 Å². The van der Waals surface area contributed by atoms with E-state index in [4.69, 9.17) is 0 Å². The minimum atomic E-state index is -0.0741.